The zero-order valence-electron chi connectivity index (χ0n) is 14.1. The van der Waals surface area contributed by atoms with Gasteiger partial charge in [-0.1, -0.05) is 13.8 Å². The van der Waals surface area contributed by atoms with E-state index in [1.807, 2.05) is 20.8 Å². The number of nitrogens with zero attached hydrogens (tertiary/aromatic N) is 1. The summed E-state index contributed by atoms with van der Waals surface area (Å²) >= 11 is 0. The highest BCUT2D eigenvalue weighted by Gasteiger charge is 2.64. The van der Waals surface area contributed by atoms with Crippen LogP contribution >= 0.6 is 0 Å². The first-order chi connectivity index (χ1) is 9.99. The van der Waals surface area contributed by atoms with Gasteiger partial charge in [0.05, 0.1) is 17.1 Å². The molecule has 0 radical (unpaired) electrons. The van der Waals surface area contributed by atoms with Crippen LogP contribution in [0, 0.1) is 5.41 Å². The number of carbonyl (C=O) groups is 1. The third-order valence-electron chi connectivity index (χ3n) is 5.83. The first-order valence-electron chi connectivity index (χ1n) is 7.92. The Bertz CT molecular complexity index is 560. The number of rotatable bonds is 3. The fourth-order valence-corrected chi connectivity index (χ4v) is 5.08. The second-order valence-corrected chi connectivity index (χ2v) is 9.63. The van der Waals surface area contributed by atoms with Crippen molar-refractivity contribution in [2.45, 2.75) is 64.0 Å². The summed E-state index contributed by atoms with van der Waals surface area (Å²) in [4.78, 5) is 14.6. The molecule has 22 heavy (non-hydrogen) atoms. The van der Waals surface area contributed by atoms with Crippen LogP contribution in [-0.4, -0.2) is 61.1 Å². The van der Waals surface area contributed by atoms with Crippen LogP contribution in [-0.2, 0) is 19.4 Å². The minimum Gasteiger partial charge on any atom is -0.378 e. The highest BCUT2D eigenvalue weighted by molar-refractivity contribution is 7.92. The summed E-state index contributed by atoms with van der Waals surface area (Å²) < 4.78 is 29.6. The maximum atomic E-state index is 13.0. The first kappa shape index (κ1) is 17.7. The zero-order chi connectivity index (χ0) is 16.9. The summed E-state index contributed by atoms with van der Waals surface area (Å²) in [5.41, 5.74) is 4.99. The fourth-order valence-electron chi connectivity index (χ4n) is 3.51. The van der Waals surface area contributed by atoms with Crippen molar-refractivity contribution in [3.8, 4) is 0 Å². The summed E-state index contributed by atoms with van der Waals surface area (Å²) in [6.07, 6.45) is 0.449. The third kappa shape index (κ3) is 2.37. The van der Waals surface area contributed by atoms with Crippen LogP contribution < -0.4 is 5.73 Å². The Labute approximate surface area is 133 Å². The molecule has 2 rings (SSSR count). The Morgan fingerprint density at radius 3 is 2.45 bits per heavy atom. The Kier molecular flexibility index (Phi) is 4.39. The third-order valence-corrected chi connectivity index (χ3v) is 8.10. The Hall–Kier alpha value is -0.660. The number of hydrogen-bond donors (Lipinski definition) is 1. The van der Waals surface area contributed by atoms with Gasteiger partial charge < -0.3 is 15.4 Å². The molecular weight excluding hydrogens is 304 g/mol. The van der Waals surface area contributed by atoms with Gasteiger partial charge in [0, 0.05) is 31.0 Å². The lowest BCUT2D eigenvalue weighted by Gasteiger charge is -2.59. The van der Waals surface area contributed by atoms with E-state index in [0.717, 1.165) is 0 Å². The van der Waals surface area contributed by atoms with E-state index in [0.29, 0.717) is 13.0 Å². The quantitative estimate of drug-likeness (QED) is 0.815. The Morgan fingerprint density at radius 2 is 1.95 bits per heavy atom. The normalized spacial score (nSPS) is 40.1. The number of nitrogens with two attached hydrogens (primary N) is 1. The molecule has 0 bridgehead atoms. The highest BCUT2D eigenvalue weighted by Crippen LogP contribution is 2.51. The van der Waals surface area contributed by atoms with Gasteiger partial charge in [-0.05, 0) is 20.8 Å². The predicted molar refractivity (Wildman–Crippen MR) is 85.2 cm³/mol. The number of amides is 1. The molecule has 1 aliphatic heterocycles. The molecule has 1 amide bonds. The molecule has 0 spiro atoms. The molecule has 1 aliphatic carbocycles. The van der Waals surface area contributed by atoms with Gasteiger partial charge in [-0.2, -0.15) is 0 Å². The average Bonchev–Trinajstić information content (AvgIpc) is 2.44. The molecule has 4 atom stereocenters. The molecule has 1 saturated heterocycles. The summed E-state index contributed by atoms with van der Waals surface area (Å²) in [6.45, 7) is 10.1. The van der Waals surface area contributed by atoms with Crippen molar-refractivity contribution in [3.63, 3.8) is 0 Å². The van der Waals surface area contributed by atoms with E-state index in [1.165, 1.54) is 0 Å². The summed E-state index contributed by atoms with van der Waals surface area (Å²) in [5.74, 6) is -0.141. The Balaban J connectivity index is 2.19. The molecule has 0 aromatic carbocycles. The van der Waals surface area contributed by atoms with E-state index >= 15 is 0 Å². The summed E-state index contributed by atoms with van der Waals surface area (Å²) in [6, 6.07) is -0.353. The molecule has 4 unspecified atom stereocenters. The predicted octanol–water partition coefficient (Wildman–Crippen LogP) is 0.553. The van der Waals surface area contributed by atoms with Crippen LogP contribution in [0.5, 0.6) is 0 Å². The van der Waals surface area contributed by atoms with Gasteiger partial charge in [-0.15, -0.1) is 0 Å². The number of hydrogen-bond acceptors (Lipinski definition) is 5. The molecule has 7 heteroatoms. The standard InChI is InChI=1S/C15H28N2O4S/c1-6-21-12-9-15(16,14(12,4)5)13(18)17-7-8-22(19,20)11(3)10(17)2/h10-12H,6-9,16H2,1-5H3. The van der Waals surface area contributed by atoms with Crippen LogP contribution in [0.3, 0.4) is 0 Å². The largest absolute Gasteiger partial charge is 0.378 e. The van der Waals surface area contributed by atoms with Crippen molar-refractivity contribution in [2.75, 3.05) is 18.9 Å². The molecule has 0 aromatic heterocycles. The molecule has 2 N–H and O–H groups in total. The van der Waals surface area contributed by atoms with Gasteiger partial charge in [0.15, 0.2) is 9.84 Å². The molecule has 128 valence electrons. The zero-order valence-corrected chi connectivity index (χ0v) is 14.9. The molecule has 1 heterocycles. The topological polar surface area (TPSA) is 89.7 Å². The van der Waals surface area contributed by atoms with Crippen molar-refractivity contribution in [3.05, 3.63) is 0 Å². The number of sulfone groups is 1. The van der Waals surface area contributed by atoms with Crippen molar-refractivity contribution in [1.29, 1.82) is 0 Å². The molecular formula is C15H28N2O4S. The number of carbonyl (C=O) groups excluding carboxylic acids is 1. The van der Waals surface area contributed by atoms with Crippen molar-refractivity contribution < 1.29 is 17.9 Å². The minimum atomic E-state index is -3.12. The molecule has 2 aliphatic rings. The highest BCUT2D eigenvalue weighted by atomic mass is 32.2. The van der Waals surface area contributed by atoms with Gasteiger partial charge in [0.1, 0.15) is 5.54 Å². The lowest BCUT2D eigenvalue weighted by molar-refractivity contribution is -0.180. The summed E-state index contributed by atoms with van der Waals surface area (Å²) in [7, 11) is -3.12. The molecule has 2 fully saturated rings. The number of ether oxygens (including phenoxy) is 1. The molecule has 1 saturated carbocycles. The van der Waals surface area contributed by atoms with E-state index in [9.17, 15) is 13.2 Å². The van der Waals surface area contributed by atoms with Crippen LogP contribution in [0.4, 0.5) is 0 Å². The van der Waals surface area contributed by atoms with Gasteiger partial charge in [-0.3, -0.25) is 4.79 Å². The maximum absolute atomic E-state index is 13.0. The van der Waals surface area contributed by atoms with Crippen LogP contribution in [0.2, 0.25) is 0 Å². The van der Waals surface area contributed by atoms with E-state index in [1.54, 1.807) is 18.7 Å². The van der Waals surface area contributed by atoms with E-state index in [-0.39, 0.29) is 30.4 Å². The van der Waals surface area contributed by atoms with Crippen LogP contribution in [0.15, 0.2) is 0 Å². The molecule has 0 aromatic rings. The van der Waals surface area contributed by atoms with E-state index in [4.69, 9.17) is 10.5 Å². The second-order valence-electron chi connectivity index (χ2n) is 7.15. The monoisotopic (exact) mass is 332 g/mol. The van der Waals surface area contributed by atoms with E-state index in [2.05, 4.69) is 0 Å². The first-order valence-corrected chi connectivity index (χ1v) is 9.63. The van der Waals surface area contributed by atoms with Gasteiger partial charge >= 0.3 is 0 Å². The van der Waals surface area contributed by atoms with Crippen LogP contribution in [0.25, 0.3) is 0 Å². The average molecular weight is 332 g/mol. The summed E-state index contributed by atoms with van der Waals surface area (Å²) in [5, 5.41) is -0.556. The maximum Gasteiger partial charge on any atom is 0.243 e. The lowest BCUT2D eigenvalue weighted by Crippen LogP contribution is -2.77. The smallest absolute Gasteiger partial charge is 0.243 e. The van der Waals surface area contributed by atoms with Crippen LogP contribution in [0.1, 0.15) is 41.0 Å². The van der Waals surface area contributed by atoms with Gasteiger partial charge in [0.25, 0.3) is 0 Å². The van der Waals surface area contributed by atoms with Gasteiger partial charge in [0.2, 0.25) is 5.91 Å². The molecule has 6 nitrogen and oxygen atoms in total. The second kappa shape index (κ2) is 5.46. The van der Waals surface area contributed by atoms with Crippen molar-refractivity contribution >= 4 is 15.7 Å². The van der Waals surface area contributed by atoms with Crippen molar-refractivity contribution in [1.82, 2.24) is 4.90 Å². The van der Waals surface area contributed by atoms with E-state index < -0.39 is 26.0 Å². The SMILES string of the molecule is CCOC1CC(N)(C(=O)N2CCS(=O)(=O)C(C)C2C)C1(C)C. The fraction of sp³-hybridized carbons (Fsp3) is 0.933. The van der Waals surface area contributed by atoms with Crippen molar-refractivity contribution in [2.24, 2.45) is 11.1 Å². The minimum absolute atomic E-state index is 0.00957. The van der Waals surface area contributed by atoms with Gasteiger partial charge in [-0.25, -0.2) is 8.42 Å². The Morgan fingerprint density at radius 1 is 1.36 bits per heavy atom. The lowest BCUT2D eigenvalue weighted by atomic mass is 9.54.